The molecule has 1 aromatic carbocycles. The molecule has 116 valence electrons. The van der Waals surface area contributed by atoms with Crippen LogP contribution in [0, 0.1) is 5.92 Å². The first-order valence-corrected chi connectivity index (χ1v) is 7.85. The lowest BCUT2D eigenvalue weighted by atomic mass is 9.99. The second-order valence-corrected chi connectivity index (χ2v) is 6.48. The molecule has 0 heterocycles. The highest BCUT2D eigenvalue weighted by molar-refractivity contribution is 5.89. The van der Waals surface area contributed by atoms with Crippen LogP contribution in [0.1, 0.15) is 52.1 Å². The van der Waals surface area contributed by atoms with Gasteiger partial charge in [0.2, 0.25) is 0 Å². The molecule has 0 bridgehead atoms. The summed E-state index contributed by atoms with van der Waals surface area (Å²) in [5.41, 5.74) is 1.89. The molecule has 2 rings (SSSR count). The topological polar surface area (TPSA) is 53.2 Å². The Balaban J connectivity index is 1.95. The lowest BCUT2D eigenvalue weighted by Gasteiger charge is -2.26. The molecule has 0 saturated heterocycles. The molecule has 1 aliphatic rings. The molecule has 1 saturated carbocycles. The van der Waals surface area contributed by atoms with Crippen LogP contribution in [0.5, 0.6) is 0 Å². The second kappa shape index (κ2) is 6.48. The molecule has 2 amide bonds. The highest BCUT2D eigenvalue weighted by atomic mass is 16.2. The van der Waals surface area contributed by atoms with Gasteiger partial charge in [-0.3, -0.25) is 0 Å². The summed E-state index contributed by atoms with van der Waals surface area (Å²) in [7, 11) is 0. The van der Waals surface area contributed by atoms with Crippen LogP contribution in [0.2, 0.25) is 0 Å². The molecule has 1 fully saturated rings. The largest absolute Gasteiger partial charge is 0.333 e. The predicted octanol–water partition coefficient (Wildman–Crippen LogP) is 3.67. The second-order valence-electron chi connectivity index (χ2n) is 6.48. The summed E-state index contributed by atoms with van der Waals surface area (Å²) in [6, 6.07) is 8.15. The van der Waals surface area contributed by atoms with Crippen molar-refractivity contribution in [2.75, 3.05) is 11.9 Å². The molecule has 1 unspecified atom stereocenters. The minimum absolute atomic E-state index is 0.125. The maximum atomic E-state index is 12.1. The summed E-state index contributed by atoms with van der Waals surface area (Å²) in [4.78, 5) is 12.1. The first-order chi connectivity index (χ1) is 9.92. The smallest absolute Gasteiger partial charge is 0.319 e. The Labute approximate surface area is 127 Å². The van der Waals surface area contributed by atoms with Gasteiger partial charge in [-0.15, -0.1) is 0 Å². The number of carbonyl (C=O) groups is 1. The number of hydrogen-bond donors (Lipinski definition) is 3. The first-order valence-electron chi connectivity index (χ1n) is 7.85. The van der Waals surface area contributed by atoms with Crippen LogP contribution in [0.15, 0.2) is 24.3 Å². The van der Waals surface area contributed by atoms with Crippen LogP contribution in [0.25, 0.3) is 0 Å². The van der Waals surface area contributed by atoms with E-state index in [9.17, 15) is 4.79 Å². The van der Waals surface area contributed by atoms with E-state index < -0.39 is 0 Å². The van der Waals surface area contributed by atoms with E-state index in [1.807, 2.05) is 18.2 Å². The molecule has 0 aliphatic heterocycles. The first kappa shape index (κ1) is 15.8. The number of anilines is 1. The van der Waals surface area contributed by atoms with Crippen molar-refractivity contribution in [1.82, 2.24) is 10.6 Å². The van der Waals surface area contributed by atoms with E-state index in [4.69, 9.17) is 0 Å². The van der Waals surface area contributed by atoms with Gasteiger partial charge in [0.1, 0.15) is 0 Å². The minimum atomic E-state index is -0.126. The number of hydrogen-bond acceptors (Lipinski definition) is 2. The van der Waals surface area contributed by atoms with Crippen molar-refractivity contribution in [2.24, 2.45) is 5.92 Å². The maximum Gasteiger partial charge on any atom is 0.319 e. The molecule has 4 heteroatoms. The number of amides is 2. The Morgan fingerprint density at radius 2 is 2.10 bits per heavy atom. The third-order valence-electron chi connectivity index (χ3n) is 4.19. The van der Waals surface area contributed by atoms with Gasteiger partial charge in [-0.25, -0.2) is 4.79 Å². The van der Waals surface area contributed by atoms with Crippen molar-refractivity contribution in [3.8, 4) is 0 Å². The number of benzene rings is 1. The van der Waals surface area contributed by atoms with Crippen molar-refractivity contribution in [1.29, 1.82) is 0 Å². The van der Waals surface area contributed by atoms with Gasteiger partial charge in [-0.1, -0.05) is 19.1 Å². The fourth-order valence-corrected chi connectivity index (χ4v) is 2.67. The molecule has 4 nitrogen and oxygen atoms in total. The van der Waals surface area contributed by atoms with Crippen LogP contribution >= 0.6 is 0 Å². The van der Waals surface area contributed by atoms with Gasteiger partial charge in [0.15, 0.2) is 0 Å². The molecule has 1 aromatic rings. The van der Waals surface area contributed by atoms with Gasteiger partial charge in [-0.2, -0.15) is 0 Å². The Morgan fingerprint density at radius 1 is 1.38 bits per heavy atom. The summed E-state index contributed by atoms with van der Waals surface area (Å²) in [6.07, 6.45) is 2.42. The van der Waals surface area contributed by atoms with E-state index in [0.29, 0.717) is 5.92 Å². The van der Waals surface area contributed by atoms with E-state index in [2.05, 4.69) is 49.7 Å². The fraction of sp³-hybridized carbons (Fsp3) is 0.588. The third kappa shape index (κ3) is 4.46. The zero-order valence-electron chi connectivity index (χ0n) is 13.5. The van der Waals surface area contributed by atoms with Gasteiger partial charge in [0, 0.05) is 17.3 Å². The SMILES string of the molecule is CCNC(C)c1cccc(NC(=O)NC(C)(C)C2CC2)c1. The molecule has 1 aliphatic carbocycles. The summed E-state index contributed by atoms with van der Waals surface area (Å²) in [5.74, 6) is 0.614. The Morgan fingerprint density at radius 3 is 2.71 bits per heavy atom. The van der Waals surface area contributed by atoms with Crippen molar-refractivity contribution in [3.05, 3.63) is 29.8 Å². The van der Waals surface area contributed by atoms with Gasteiger partial charge >= 0.3 is 6.03 Å². The zero-order chi connectivity index (χ0) is 15.5. The van der Waals surface area contributed by atoms with Gasteiger partial charge < -0.3 is 16.0 Å². The van der Waals surface area contributed by atoms with E-state index in [-0.39, 0.29) is 17.6 Å². The van der Waals surface area contributed by atoms with Crippen molar-refractivity contribution >= 4 is 11.7 Å². The molecule has 3 N–H and O–H groups in total. The van der Waals surface area contributed by atoms with E-state index in [1.165, 1.54) is 18.4 Å². The monoisotopic (exact) mass is 289 g/mol. The van der Waals surface area contributed by atoms with Crippen molar-refractivity contribution < 1.29 is 4.79 Å². The lowest BCUT2D eigenvalue weighted by Crippen LogP contribution is -2.47. The Hall–Kier alpha value is -1.55. The molecule has 0 radical (unpaired) electrons. The van der Waals surface area contributed by atoms with Crippen molar-refractivity contribution in [3.63, 3.8) is 0 Å². The Bertz CT molecular complexity index is 495. The standard InChI is InChI=1S/C17H27N3O/c1-5-18-12(2)13-7-6-8-15(11-13)19-16(21)20-17(3,4)14-9-10-14/h6-8,11-12,14,18H,5,9-10H2,1-4H3,(H2,19,20,21). The third-order valence-corrected chi connectivity index (χ3v) is 4.19. The van der Waals surface area contributed by atoms with Gasteiger partial charge in [0.05, 0.1) is 0 Å². The molecule has 21 heavy (non-hydrogen) atoms. The predicted molar refractivity (Wildman–Crippen MR) is 87.5 cm³/mol. The van der Waals surface area contributed by atoms with Crippen LogP contribution in [0.3, 0.4) is 0 Å². The number of nitrogens with one attached hydrogen (secondary N) is 3. The number of carbonyl (C=O) groups excluding carboxylic acids is 1. The highest BCUT2D eigenvalue weighted by Crippen LogP contribution is 2.39. The van der Waals surface area contributed by atoms with Crippen LogP contribution in [-0.4, -0.2) is 18.1 Å². The van der Waals surface area contributed by atoms with E-state index in [0.717, 1.165) is 12.2 Å². The molecule has 0 aromatic heterocycles. The van der Waals surface area contributed by atoms with Crippen LogP contribution < -0.4 is 16.0 Å². The fourth-order valence-electron chi connectivity index (χ4n) is 2.67. The molecular formula is C17H27N3O. The quantitative estimate of drug-likeness (QED) is 0.748. The number of urea groups is 1. The summed E-state index contributed by atoms with van der Waals surface area (Å²) in [6.45, 7) is 9.32. The van der Waals surface area contributed by atoms with Crippen molar-refractivity contribution in [2.45, 2.75) is 52.1 Å². The van der Waals surface area contributed by atoms with E-state index in [1.54, 1.807) is 0 Å². The molecular weight excluding hydrogens is 262 g/mol. The molecule has 0 spiro atoms. The average Bonchev–Trinajstić information content (AvgIpc) is 3.23. The minimum Gasteiger partial charge on any atom is -0.333 e. The summed E-state index contributed by atoms with van der Waals surface area (Å²) in [5, 5.41) is 9.39. The maximum absolute atomic E-state index is 12.1. The Kier molecular flexibility index (Phi) is 4.88. The summed E-state index contributed by atoms with van der Waals surface area (Å²) >= 11 is 0. The zero-order valence-corrected chi connectivity index (χ0v) is 13.5. The van der Waals surface area contributed by atoms with Gasteiger partial charge in [0.25, 0.3) is 0 Å². The van der Waals surface area contributed by atoms with E-state index >= 15 is 0 Å². The highest BCUT2D eigenvalue weighted by Gasteiger charge is 2.38. The molecule has 1 atom stereocenters. The van der Waals surface area contributed by atoms with Gasteiger partial charge in [-0.05, 0) is 63.8 Å². The normalized spacial score (nSPS) is 16.4. The average molecular weight is 289 g/mol. The van der Waals surface area contributed by atoms with Crippen LogP contribution in [-0.2, 0) is 0 Å². The van der Waals surface area contributed by atoms with Crippen LogP contribution in [0.4, 0.5) is 10.5 Å². The number of rotatable bonds is 6. The summed E-state index contributed by atoms with van der Waals surface area (Å²) < 4.78 is 0. The lowest BCUT2D eigenvalue weighted by molar-refractivity contribution is 0.237.